The van der Waals surface area contributed by atoms with Gasteiger partial charge in [0.1, 0.15) is 12.1 Å². The highest BCUT2D eigenvalue weighted by Gasteiger charge is 2.45. The molecular formula is C28H34ClN3O4. The second-order valence-electron chi connectivity index (χ2n) is 10.4. The molecule has 1 saturated heterocycles. The number of carbonyl (C=O) groups excluding carboxylic acids is 3. The Morgan fingerprint density at radius 2 is 1.86 bits per heavy atom. The summed E-state index contributed by atoms with van der Waals surface area (Å²) in [6, 6.07) is 11.4. The van der Waals surface area contributed by atoms with Gasteiger partial charge >= 0.3 is 0 Å². The van der Waals surface area contributed by atoms with Gasteiger partial charge in [-0.25, -0.2) is 0 Å². The summed E-state index contributed by atoms with van der Waals surface area (Å²) in [5.41, 5.74) is 3.50. The molecule has 2 aliphatic rings. The topological polar surface area (TPSA) is 89.9 Å². The second-order valence-corrected chi connectivity index (χ2v) is 10.8. The fourth-order valence-electron chi connectivity index (χ4n) is 5.32. The molecule has 3 unspecified atom stereocenters. The molecule has 2 heterocycles. The van der Waals surface area contributed by atoms with Crippen LogP contribution >= 0.6 is 11.6 Å². The molecule has 192 valence electrons. The number of likely N-dealkylation sites (tertiary alicyclic amines) is 1. The molecule has 0 aromatic heterocycles. The number of fused-ring (bicyclic) bond motifs is 1. The van der Waals surface area contributed by atoms with Gasteiger partial charge in [-0.05, 0) is 46.7 Å². The van der Waals surface area contributed by atoms with Crippen LogP contribution in [0.5, 0.6) is 0 Å². The molecule has 0 spiro atoms. The van der Waals surface area contributed by atoms with Gasteiger partial charge in [-0.15, -0.1) is 0 Å². The number of aliphatic hydroxyl groups excluding tert-OH is 1. The molecule has 2 aromatic carbocycles. The number of hydrogen-bond donors (Lipinski definition) is 2. The number of carbonyl (C=O) groups is 3. The second kappa shape index (κ2) is 10.6. The van der Waals surface area contributed by atoms with Crippen molar-refractivity contribution in [2.24, 2.45) is 5.92 Å². The van der Waals surface area contributed by atoms with E-state index < -0.39 is 18.2 Å². The molecule has 36 heavy (non-hydrogen) atoms. The van der Waals surface area contributed by atoms with Crippen LogP contribution in [0.1, 0.15) is 67.1 Å². The largest absolute Gasteiger partial charge is 0.391 e. The number of hydrogen-bond acceptors (Lipinski definition) is 4. The van der Waals surface area contributed by atoms with Gasteiger partial charge in [0.15, 0.2) is 0 Å². The lowest BCUT2D eigenvalue weighted by Gasteiger charge is -2.35. The molecule has 2 N–H and O–H groups in total. The van der Waals surface area contributed by atoms with Crippen molar-refractivity contribution >= 4 is 29.3 Å². The lowest BCUT2D eigenvalue weighted by atomic mass is 9.97. The highest BCUT2D eigenvalue weighted by atomic mass is 35.5. The molecule has 4 rings (SSSR count). The van der Waals surface area contributed by atoms with Gasteiger partial charge < -0.3 is 20.2 Å². The van der Waals surface area contributed by atoms with Gasteiger partial charge in [0.25, 0.3) is 5.91 Å². The molecule has 0 saturated carbocycles. The van der Waals surface area contributed by atoms with E-state index in [1.54, 1.807) is 17.0 Å². The zero-order chi connectivity index (χ0) is 26.1. The van der Waals surface area contributed by atoms with Crippen molar-refractivity contribution in [3.8, 4) is 0 Å². The van der Waals surface area contributed by atoms with Crippen molar-refractivity contribution in [1.82, 2.24) is 15.1 Å². The van der Waals surface area contributed by atoms with E-state index >= 15 is 0 Å². The van der Waals surface area contributed by atoms with Crippen molar-refractivity contribution in [2.75, 3.05) is 6.54 Å². The summed E-state index contributed by atoms with van der Waals surface area (Å²) in [7, 11) is 0. The van der Waals surface area contributed by atoms with E-state index in [1.807, 2.05) is 44.2 Å². The molecule has 3 atom stereocenters. The smallest absolute Gasteiger partial charge is 0.255 e. The number of β-amino-alcohol motifs (C(OH)–C–C–N with tert-alkyl or cyclic N) is 1. The first-order valence-electron chi connectivity index (χ1n) is 12.5. The van der Waals surface area contributed by atoms with E-state index in [-0.39, 0.29) is 42.5 Å². The van der Waals surface area contributed by atoms with Crippen LogP contribution in [0.25, 0.3) is 0 Å². The Hall–Kier alpha value is -2.90. The molecule has 0 aliphatic carbocycles. The molecule has 7 nitrogen and oxygen atoms in total. The first kappa shape index (κ1) is 26.2. The predicted molar refractivity (Wildman–Crippen MR) is 138 cm³/mol. The Labute approximate surface area is 217 Å². The molecule has 2 aliphatic heterocycles. The Kier molecular flexibility index (Phi) is 7.71. The van der Waals surface area contributed by atoms with E-state index in [2.05, 4.69) is 19.2 Å². The fraction of sp³-hybridized carbons (Fsp3) is 0.464. The number of aliphatic hydroxyl groups is 1. The minimum Gasteiger partial charge on any atom is -0.391 e. The molecule has 0 radical (unpaired) electrons. The number of halogens is 1. The van der Waals surface area contributed by atoms with Crippen molar-refractivity contribution in [2.45, 2.75) is 71.3 Å². The van der Waals surface area contributed by atoms with Crippen LogP contribution in [-0.4, -0.2) is 57.4 Å². The summed E-state index contributed by atoms with van der Waals surface area (Å²) in [6.07, 6.45) is -0.639. The minimum absolute atomic E-state index is 0.0628. The van der Waals surface area contributed by atoms with Crippen LogP contribution in [-0.2, 0) is 22.7 Å². The Morgan fingerprint density at radius 3 is 2.53 bits per heavy atom. The van der Waals surface area contributed by atoms with Gasteiger partial charge in [0.2, 0.25) is 11.8 Å². The van der Waals surface area contributed by atoms with E-state index in [0.717, 1.165) is 16.7 Å². The van der Waals surface area contributed by atoms with Crippen LogP contribution in [0.3, 0.4) is 0 Å². The summed E-state index contributed by atoms with van der Waals surface area (Å²) < 4.78 is 0. The molecule has 0 bridgehead atoms. The maximum absolute atomic E-state index is 13.8. The number of rotatable bonds is 7. The van der Waals surface area contributed by atoms with E-state index in [4.69, 9.17) is 11.6 Å². The van der Waals surface area contributed by atoms with Gasteiger partial charge in [0, 0.05) is 36.6 Å². The average Bonchev–Trinajstić information content (AvgIpc) is 3.38. The third kappa shape index (κ3) is 5.13. The Morgan fingerprint density at radius 1 is 1.14 bits per heavy atom. The SMILES string of the molecule is CC(C)c1cc(Cl)ccc1CNC(=O)C1CC(O)CN1C(=O)C(C(C)C)N1Cc2ccccc2C1=O. The van der Waals surface area contributed by atoms with E-state index in [1.165, 1.54) is 4.90 Å². The van der Waals surface area contributed by atoms with Crippen molar-refractivity contribution in [3.63, 3.8) is 0 Å². The van der Waals surface area contributed by atoms with E-state index in [9.17, 15) is 19.5 Å². The number of nitrogens with zero attached hydrogens (tertiary/aromatic N) is 2. The summed E-state index contributed by atoms with van der Waals surface area (Å²) >= 11 is 6.16. The zero-order valence-corrected chi connectivity index (χ0v) is 22.0. The van der Waals surface area contributed by atoms with Crippen molar-refractivity contribution < 1.29 is 19.5 Å². The molecule has 3 amide bonds. The number of benzene rings is 2. The predicted octanol–water partition coefficient (Wildman–Crippen LogP) is 3.72. The lowest BCUT2D eigenvalue weighted by Crippen LogP contribution is -2.55. The summed E-state index contributed by atoms with van der Waals surface area (Å²) in [4.78, 5) is 43.3. The van der Waals surface area contributed by atoms with Crippen molar-refractivity contribution in [1.29, 1.82) is 0 Å². The summed E-state index contributed by atoms with van der Waals surface area (Å²) in [6.45, 7) is 8.64. The van der Waals surface area contributed by atoms with Crippen LogP contribution in [0.2, 0.25) is 5.02 Å². The normalized spacial score (nSPS) is 20.3. The average molecular weight is 512 g/mol. The van der Waals surface area contributed by atoms with Crippen LogP contribution in [0.4, 0.5) is 0 Å². The quantitative estimate of drug-likeness (QED) is 0.593. The van der Waals surface area contributed by atoms with Crippen LogP contribution in [0, 0.1) is 5.92 Å². The number of amides is 3. The van der Waals surface area contributed by atoms with Crippen molar-refractivity contribution in [3.05, 3.63) is 69.7 Å². The summed E-state index contributed by atoms with van der Waals surface area (Å²) in [5.74, 6) is -0.738. The maximum Gasteiger partial charge on any atom is 0.255 e. The standard InChI is InChI=1S/C28H34ClN3O4/c1-16(2)23-11-20(29)10-9-18(23)13-30-26(34)24-12-21(33)15-31(24)28(36)25(17(3)4)32-14-19-7-5-6-8-22(19)27(32)35/h5-11,16-17,21,24-25,33H,12-15H2,1-4H3,(H,30,34). The summed E-state index contributed by atoms with van der Waals surface area (Å²) in [5, 5.41) is 14.0. The maximum atomic E-state index is 13.8. The van der Waals surface area contributed by atoms with Crippen LogP contribution in [0.15, 0.2) is 42.5 Å². The lowest BCUT2D eigenvalue weighted by molar-refractivity contribution is -0.143. The fourth-order valence-corrected chi connectivity index (χ4v) is 5.50. The first-order valence-corrected chi connectivity index (χ1v) is 12.9. The Bertz CT molecular complexity index is 1170. The highest BCUT2D eigenvalue weighted by molar-refractivity contribution is 6.30. The minimum atomic E-state index is -0.802. The Balaban J connectivity index is 1.51. The first-order chi connectivity index (χ1) is 17.1. The zero-order valence-electron chi connectivity index (χ0n) is 21.2. The number of nitrogens with one attached hydrogen (secondary N) is 1. The van der Waals surface area contributed by atoms with E-state index in [0.29, 0.717) is 23.7 Å². The van der Waals surface area contributed by atoms with Gasteiger partial charge in [0.05, 0.1) is 6.10 Å². The van der Waals surface area contributed by atoms with Gasteiger partial charge in [-0.3, -0.25) is 14.4 Å². The molecule has 2 aromatic rings. The monoisotopic (exact) mass is 511 g/mol. The third-order valence-corrected chi connectivity index (χ3v) is 7.35. The van der Waals surface area contributed by atoms with Crippen LogP contribution < -0.4 is 5.32 Å². The molecular weight excluding hydrogens is 478 g/mol. The molecule has 1 fully saturated rings. The van der Waals surface area contributed by atoms with Gasteiger partial charge in [-0.2, -0.15) is 0 Å². The third-order valence-electron chi connectivity index (χ3n) is 7.12. The highest BCUT2D eigenvalue weighted by Crippen LogP contribution is 2.30. The molecule has 8 heteroatoms. The van der Waals surface area contributed by atoms with Gasteiger partial charge in [-0.1, -0.05) is 63.6 Å².